The summed E-state index contributed by atoms with van der Waals surface area (Å²) in [5.74, 6) is 0.159. The molecular formula is C21H33N5O2. The van der Waals surface area contributed by atoms with E-state index >= 15 is 0 Å². The summed E-state index contributed by atoms with van der Waals surface area (Å²) in [4.78, 5) is 31.1. The van der Waals surface area contributed by atoms with Crippen molar-refractivity contribution < 1.29 is 9.59 Å². The summed E-state index contributed by atoms with van der Waals surface area (Å²) >= 11 is 0. The molecular weight excluding hydrogens is 354 g/mol. The van der Waals surface area contributed by atoms with E-state index in [1.807, 2.05) is 42.3 Å². The lowest BCUT2D eigenvalue weighted by Gasteiger charge is -2.34. The molecule has 0 bridgehead atoms. The predicted molar refractivity (Wildman–Crippen MR) is 110 cm³/mol. The number of carbonyl (C=O) groups is 2. The van der Waals surface area contributed by atoms with Gasteiger partial charge in [0.2, 0.25) is 5.91 Å². The Morgan fingerprint density at radius 1 is 1.11 bits per heavy atom. The Balaban J connectivity index is 1.36. The molecule has 2 saturated heterocycles. The number of urea groups is 1. The minimum Gasteiger partial charge on any atom is -0.355 e. The molecule has 0 aliphatic carbocycles. The summed E-state index contributed by atoms with van der Waals surface area (Å²) in [5, 5.41) is 6.42. The Morgan fingerprint density at radius 3 is 2.46 bits per heavy atom. The second-order valence-electron chi connectivity index (χ2n) is 7.77. The molecule has 3 rings (SSSR count). The van der Waals surface area contributed by atoms with Crippen LogP contribution in [0.5, 0.6) is 0 Å². The van der Waals surface area contributed by atoms with Crippen molar-refractivity contribution in [1.82, 2.24) is 25.3 Å². The lowest BCUT2D eigenvalue weighted by molar-refractivity contribution is -0.126. The number of rotatable bonds is 6. The zero-order valence-corrected chi connectivity index (χ0v) is 16.9. The molecule has 154 valence electrons. The maximum Gasteiger partial charge on any atom is 0.320 e. The van der Waals surface area contributed by atoms with E-state index in [-0.39, 0.29) is 17.9 Å². The fourth-order valence-corrected chi connectivity index (χ4v) is 3.92. The fraction of sp³-hybridized carbons (Fsp3) is 0.619. The first-order chi connectivity index (χ1) is 13.6. The van der Waals surface area contributed by atoms with Crippen LogP contribution < -0.4 is 10.6 Å². The SMILES string of the molecule is CN(Cc1ccccc1)C(=O)N1CCC(C(=O)NCCN2CCNCC2)CC1. The summed E-state index contributed by atoms with van der Waals surface area (Å²) in [6, 6.07) is 10.0. The highest BCUT2D eigenvalue weighted by molar-refractivity contribution is 5.79. The molecule has 0 spiro atoms. The lowest BCUT2D eigenvalue weighted by atomic mass is 9.96. The van der Waals surface area contributed by atoms with Crippen LogP contribution in [0.1, 0.15) is 18.4 Å². The lowest BCUT2D eigenvalue weighted by Crippen LogP contribution is -2.49. The third-order valence-electron chi connectivity index (χ3n) is 5.66. The van der Waals surface area contributed by atoms with Gasteiger partial charge in [0.05, 0.1) is 0 Å². The highest BCUT2D eigenvalue weighted by Crippen LogP contribution is 2.19. The third-order valence-corrected chi connectivity index (χ3v) is 5.66. The van der Waals surface area contributed by atoms with Crippen molar-refractivity contribution in [2.45, 2.75) is 19.4 Å². The number of likely N-dealkylation sites (tertiary alicyclic amines) is 1. The average molecular weight is 388 g/mol. The topological polar surface area (TPSA) is 67.9 Å². The minimum absolute atomic E-state index is 0.0199. The standard InChI is InChI=1S/C21H33N5O2/c1-24(17-18-5-3-2-4-6-18)21(28)26-12-7-19(8-13-26)20(27)23-11-16-25-14-9-22-10-15-25/h2-6,19,22H,7-17H2,1H3,(H,23,27). The number of benzene rings is 1. The Kier molecular flexibility index (Phi) is 7.68. The Labute approximate surface area is 168 Å². The van der Waals surface area contributed by atoms with Crippen LogP contribution in [0.3, 0.4) is 0 Å². The highest BCUT2D eigenvalue weighted by atomic mass is 16.2. The normalized spacial score (nSPS) is 18.7. The second-order valence-corrected chi connectivity index (χ2v) is 7.77. The number of piperidine rings is 1. The van der Waals surface area contributed by atoms with Crippen LogP contribution in [-0.4, -0.2) is 86.0 Å². The molecule has 2 N–H and O–H groups in total. The number of piperazine rings is 1. The monoisotopic (exact) mass is 387 g/mol. The first kappa shape index (κ1) is 20.6. The van der Waals surface area contributed by atoms with Crippen LogP contribution in [0.25, 0.3) is 0 Å². The van der Waals surface area contributed by atoms with Gasteiger partial charge in [-0.2, -0.15) is 0 Å². The molecule has 1 aromatic carbocycles. The Bertz CT molecular complexity index is 625. The van der Waals surface area contributed by atoms with Crippen molar-refractivity contribution in [3.63, 3.8) is 0 Å². The molecule has 2 heterocycles. The van der Waals surface area contributed by atoms with E-state index in [1.165, 1.54) is 0 Å². The molecule has 0 atom stereocenters. The third kappa shape index (κ3) is 5.94. The highest BCUT2D eigenvalue weighted by Gasteiger charge is 2.28. The Hall–Kier alpha value is -2.12. The van der Waals surface area contributed by atoms with Crippen molar-refractivity contribution in [1.29, 1.82) is 0 Å². The van der Waals surface area contributed by atoms with Crippen LogP contribution >= 0.6 is 0 Å². The van der Waals surface area contributed by atoms with Crippen molar-refractivity contribution in [2.24, 2.45) is 5.92 Å². The van der Waals surface area contributed by atoms with Gasteiger partial charge in [0, 0.05) is 71.9 Å². The number of hydrogen-bond donors (Lipinski definition) is 2. The van der Waals surface area contributed by atoms with Gasteiger partial charge in [0.15, 0.2) is 0 Å². The predicted octanol–water partition coefficient (Wildman–Crippen LogP) is 0.972. The van der Waals surface area contributed by atoms with E-state index in [4.69, 9.17) is 0 Å². The minimum atomic E-state index is 0.0199. The molecule has 1 aromatic rings. The number of carbonyl (C=O) groups excluding carboxylic acids is 2. The van der Waals surface area contributed by atoms with E-state index < -0.39 is 0 Å². The summed E-state index contributed by atoms with van der Waals surface area (Å²) in [6.07, 6.45) is 1.48. The van der Waals surface area contributed by atoms with Gasteiger partial charge in [-0.3, -0.25) is 9.69 Å². The molecule has 2 fully saturated rings. The van der Waals surface area contributed by atoms with Gasteiger partial charge < -0.3 is 20.4 Å². The molecule has 0 unspecified atom stereocenters. The van der Waals surface area contributed by atoms with Gasteiger partial charge in [-0.05, 0) is 18.4 Å². The van der Waals surface area contributed by atoms with E-state index in [0.29, 0.717) is 26.2 Å². The fourth-order valence-electron chi connectivity index (χ4n) is 3.92. The summed E-state index contributed by atoms with van der Waals surface area (Å²) < 4.78 is 0. The van der Waals surface area contributed by atoms with E-state index in [2.05, 4.69) is 15.5 Å². The van der Waals surface area contributed by atoms with Crippen LogP contribution in [0, 0.1) is 5.92 Å². The van der Waals surface area contributed by atoms with E-state index in [0.717, 1.165) is 51.1 Å². The van der Waals surface area contributed by atoms with Crippen molar-refractivity contribution >= 4 is 11.9 Å². The molecule has 0 saturated carbocycles. The number of amides is 3. The molecule has 2 aliphatic heterocycles. The van der Waals surface area contributed by atoms with Gasteiger partial charge in [-0.1, -0.05) is 30.3 Å². The second kappa shape index (κ2) is 10.4. The molecule has 3 amide bonds. The molecule has 2 aliphatic rings. The van der Waals surface area contributed by atoms with Crippen LogP contribution in [0.2, 0.25) is 0 Å². The summed E-state index contributed by atoms with van der Waals surface area (Å²) in [5.41, 5.74) is 1.12. The zero-order valence-electron chi connectivity index (χ0n) is 16.9. The van der Waals surface area contributed by atoms with Crippen LogP contribution in [-0.2, 0) is 11.3 Å². The van der Waals surface area contributed by atoms with Gasteiger partial charge in [-0.15, -0.1) is 0 Å². The van der Waals surface area contributed by atoms with Gasteiger partial charge in [0.1, 0.15) is 0 Å². The number of nitrogens with one attached hydrogen (secondary N) is 2. The Morgan fingerprint density at radius 2 is 1.79 bits per heavy atom. The molecule has 7 heteroatoms. The maximum absolute atomic E-state index is 12.7. The summed E-state index contributed by atoms with van der Waals surface area (Å²) in [6.45, 7) is 7.67. The summed E-state index contributed by atoms with van der Waals surface area (Å²) in [7, 11) is 1.84. The zero-order chi connectivity index (χ0) is 19.8. The molecule has 28 heavy (non-hydrogen) atoms. The maximum atomic E-state index is 12.7. The first-order valence-electron chi connectivity index (χ1n) is 10.4. The number of nitrogens with zero attached hydrogens (tertiary/aromatic N) is 3. The largest absolute Gasteiger partial charge is 0.355 e. The number of hydrogen-bond acceptors (Lipinski definition) is 4. The average Bonchev–Trinajstić information content (AvgIpc) is 2.74. The van der Waals surface area contributed by atoms with Gasteiger partial charge in [0.25, 0.3) is 0 Å². The molecule has 7 nitrogen and oxygen atoms in total. The van der Waals surface area contributed by atoms with Crippen LogP contribution in [0.4, 0.5) is 4.79 Å². The smallest absolute Gasteiger partial charge is 0.320 e. The van der Waals surface area contributed by atoms with Crippen molar-refractivity contribution in [3.05, 3.63) is 35.9 Å². The van der Waals surface area contributed by atoms with Crippen molar-refractivity contribution in [3.8, 4) is 0 Å². The van der Waals surface area contributed by atoms with Crippen molar-refractivity contribution in [2.75, 3.05) is 59.4 Å². The van der Waals surface area contributed by atoms with E-state index in [9.17, 15) is 9.59 Å². The molecule has 0 aromatic heterocycles. The van der Waals surface area contributed by atoms with Gasteiger partial charge >= 0.3 is 6.03 Å². The van der Waals surface area contributed by atoms with Crippen LogP contribution in [0.15, 0.2) is 30.3 Å². The van der Waals surface area contributed by atoms with E-state index in [1.54, 1.807) is 4.90 Å². The van der Waals surface area contributed by atoms with Gasteiger partial charge in [-0.25, -0.2) is 4.79 Å². The first-order valence-corrected chi connectivity index (χ1v) is 10.4. The molecule has 0 radical (unpaired) electrons. The quantitative estimate of drug-likeness (QED) is 0.763.